The van der Waals surface area contributed by atoms with Gasteiger partial charge in [0.05, 0.1) is 22.9 Å². The summed E-state index contributed by atoms with van der Waals surface area (Å²) in [7, 11) is 0. The van der Waals surface area contributed by atoms with E-state index in [9.17, 15) is 9.35 Å². The first kappa shape index (κ1) is 15.5. The lowest BCUT2D eigenvalue weighted by atomic mass is 10.2. The fraction of sp³-hybridized carbons (Fsp3) is 0.833. The summed E-state index contributed by atoms with van der Waals surface area (Å²) in [4.78, 5) is 11.2. The van der Waals surface area contributed by atoms with Crippen LogP contribution >= 0.6 is 22.9 Å². The maximum atomic E-state index is 11.2. The van der Waals surface area contributed by atoms with Crippen molar-refractivity contribution in [2.45, 2.75) is 25.2 Å². The maximum Gasteiger partial charge on any atom is 0.366 e. The highest BCUT2D eigenvalue weighted by molar-refractivity contribution is 14.1. The second-order valence-electron chi connectivity index (χ2n) is 2.89. The van der Waals surface area contributed by atoms with Crippen molar-refractivity contribution in [3.05, 3.63) is 0 Å². The molecule has 0 aromatic rings. The fourth-order valence-corrected chi connectivity index (χ4v) is 2.00. The molecule has 9 heteroatoms. The van der Waals surface area contributed by atoms with Gasteiger partial charge in [-0.3, -0.25) is 5.32 Å². The molecule has 0 spiro atoms. The third kappa shape index (κ3) is 7.41. The molecule has 1 unspecified atom stereocenters. The lowest BCUT2D eigenvalue weighted by Crippen LogP contribution is -2.46. The van der Waals surface area contributed by atoms with Crippen LogP contribution in [-0.4, -0.2) is 28.5 Å². The van der Waals surface area contributed by atoms with Gasteiger partial charge < -0.3 is 21.8 Å². The summed E-state index contributed by atoms with van der Waals surface area (Å²) >= 11 is -0.0693. The van der Waals surface area contributed by atoms with Crippen LogP contribution in [0, 0.1) is 0 Å². The molecule has 0 saturated heterocycles. The molecule has 0 rings (SSSR count). The molecule has 0 aromatic carbocycles. The molecule has 0 aliphatic rings. The van der Waals surface area contributed by atoms with E-state index in [0.717, 1.165) is 0 Å². The second-order valence-corrected chi connectivity index (χ2v) is 5.31. The van der Waals surface area contributed by atoms with Gasteiger partial charge in [-0.1, -0.05) is 2.94 Å². The SMILES string of the molecule is NC(N)NCCC[C@H](N)C(=O)[S+]([O-])NI. The van der Waals surface area contributed by atoms with E-state index in [2.05, 4.69) is 8.25 Å². The first-order valence-electron chi connectivity index (χ1n) is 4.31. The van der Waals surface area contributed by atoms with Crippen molar-refractivity contribution in [1.82, 2.24) is 8.25 Å². The van der Waals surface area contributed by atoms with E-state index in [1.807, 2.05) is 0 Å². The Morgan fingerprint density at radius 2 is 2.07 bits per heavy atom. The lowest BCUT2D eigenvalue weighted by Gasteiger charge is -2.12. The predicted molar refractivity (Wildman–Crippen MR) is 67.7 cm³/mol. The molecule has 8 N–H and O–H groups in total. The number of carbonyl (C=O) groups is 1. The number of nitrogens with two attached hydrogens (primary N) is 3. The summed E-state index contributed by atoms with van der Waals surface area (Å²) in [6, 6.07) is -0.719. The maximum absolute atomic E-state index is 11.2. The Kier molecular flexibility index (Phi) is 8.93. The number of hydrogen-bond donors (Lipinski definition) is 5. The van der Waals surface area contributed by atoms with Gasteiger partial charge in [0.25, 0.3) is 0 Å². The van der Waals surface area contributed by atoms with Crippen molar-refractivity contribution in [3.8, 4) is 0 Å². The third-order valence-electron chi connectivity index (χ3n) is 1.63. The second kappa shape index (κ2) is 8.64. The Morgan fingerprint density at radius 3 is 2.53 bits per heavy atom. The van der Waals surface area contributed by atoms with Gasteiger partial charge in [-0.2, -0.15) is 0 Å². The van der Waals surface area contributed by atoms with E-state index in [1.165, 1.54) is 0 Å². The molecule has 7 nitrogen and oxygen atoms in total. The van der Waals surface area contributed by atoms with Gasteiger partial charge in [0, 0.05) is 0 Å². The van der Waals surface area contributed by atoms with E-state index in [-0.39, 0.29) is 0 Å². The normalized spacial score (nSPS) is 15.3. The molecule has 0 aromatic heterocycles. The van der Waals surface area contributed by atoms with Gasteiger partial charge in [-0.25, -0.2) is 4.79 Å². The number of carbonyl (C=O) groups excluding carboxylic acids is 1. The van der Waals surface area contributed by atoms with Crippen molar-refractivity contribution < 1.29 is 9.35 Å². The van der Waals surface area contributed by atoms with Gasteiger partial charge >= 0.3 is 5.12 Å². The van der Waals surface area contributed by atoms with E-state index < -0.39 is 28.8 Å². The zero-order chi connectivity index (χ0) is 11.8. The smallest absolute Gasteiger partial charge is 0.366 e. The minimum Gasteiger partial charge on any atom is -0.590 e. The van der Waals surface area contributed by atoms with Gasteiger partial charge in [-0.15, -0.1) is 0 Å². The number of nitrogens with one attached hydrogen (secondary N) is 2. The molecule has 0 amide bonds. The van der Waals surface area contributed by atoms with E-state index in [1.54, 1.807) is 22.9 Å². The van der Waals surface area contributed by atoms with Crippen molar-refractivity contribution in [2.24, 2.45) is 17.2 Å². The van der Waals surface area contributed by atoms with Crippen molar-refractivity contribution in [2.75, 3.05) is 6.54 Å². The summed E-state index contributed by atoms with van der Waals surface area (Å²) in [5.41, 5.74) is 16.0. The van der Waals surface area contributed by atoms with Crippen LogP contribution in [0.1, 0.15) is 12.8 Å². The van der Waals surface area contributed by atoms with E-state index in [4.69, 9.17) is 17.2 Å². The zero-order valence-electron chi connectivity index (χ0n) is 8.11. The summed E-state index contributed by atoms with van der Waals surface area (Å²) in [6.45, 7) is 0.572. The van der Waals surface area contributed by atoms with Gasteiger partial charge in [-0.05, 0) is 19.4 Å². The monoisotopic (exact) mass is 349 g/mol. The Bertz CT molecular complexity index is 196. The molecule has 0 saturated carbocycles. The summed E-state index contributed by atoms with van der Waals surface area (Å²) in [5.74, 6) is 0. The Labute approximate surface area is 106 Å². The van der Waals surface area contributed by atoms with Gasteiger partial charge in [0.2, 0.25) is 0 Å². The van der Waals surface area contributed by atoms with Crippen LogP contribution in [0.3, 0.4) is 0 Å². The topological polar surface area (TPSA) is 142 Å². The van der Waals surface area contributed by atoms with Crippen LogP contribution in [0.15, 0.2) is 0 Å². The largest absolute Gasteiger partial charge is 0.590 e. The van der Waals surface area contributed by atoms with E-state index >= 15 is 0 Å². The molecule has 15 heavy (non-hydrogen) atoms. The molecule has 0 fully saturated rings. The molecule has 90 valence electrons. The molecule has 0 aliphatic heterocycles. The molecule has 0 aliphatic carbocycles. The minimum atomic E-state index is -1.71. The number of hydrogen-bond acceptors (Lipinski definition) is 7. The van der Waals surface area contributed by atoms with E-state index in [0.29, 0.717) is 19.4 Å². The average Bonchev–Trinajstić information content (AvgIpc) is 2.21. The summed E-state index contributed by atoms with van der Waals surface area (Å²) in [6.07, 6.45) is 0.529. The summed E-state index contributed by atoms with van der Waals surface area (Å²) in [5, 5.41) is 2.28. The summed E-state index contributed by atoms with van der Waals surface area (Å²) < 4.78 is 13.3. The van der Waals surface area contributed by atoms with Crippen LogP contribution in [0.25, 0.3) is 0 Å². The quantitative estimate of drug-likeness (QED) is 0.118. The standard InChI is InChI=1S/C6H16IN5O2S/c7-12-15(14)5(13)4(8)2-1-3-11-6(9)10/h4,6,11-12H,1-3,8-10H2/t4-,15?/m0/s1. The minimum absolute atomic E-state index is 0.447. The molecule has 0 heterocycles. The van der Waals surface area contributed by atoms with Crippen LogP contribution < -0.4 is 25.5 Å². The van der Waals surface area contributed by atoms with Crippen LogP contribution in [0.2, 0.25) is 0 Å². The highest BCUT2D eigenvalue weighted by Crippen LogP contribution is 2.01. The highest BCUT2D eigenvalue weighted by atomic mass is 127. The van der Waals surface area contributed by atoms with Crippen molar-refractivity contribution >= 4 is 39.3 Å². The lowest BCUT2D eigenvalue weighted by molar-refractivity contribution is -0.113. The fourth-order valence-electron chi connectivity index (χ4n) is 0.884. The highest BCUT2D eigenvalue weighted by Gasteiger charge is 2.26. The molecule has 0 radical (unpaired) electrons. The molecular weight excluding hydrogens is 333 g/mol. The number of rotatable bonds is 7. The van der Waals surface area contributed by atoms with Crippen LogP contribution in [0.4, 0.5) is 0 Å². The Hall–Kier alpha value is 0.510. The third-order valence-corrected chi connectivity index (χ3v) is 3.64. The van der Waals surface area contributed by atoms with Gasteiger partial charge in [0.1, 0.15) is 23.7 Å². The Balaban J connectivity index is 3.64. The van der Waals surface area contributed by atoms with Crippen LogP contribution in [0.5, 0.6) is 0 Å². The average molecular weight is 349 g/mol. The molecule has 2 atom stereocenters. The predicted octanol–water partition coefficient (Wildman–Crippen LogP) is -1.99. The van der Waals surface area contributed by atoms with Gasteiger partial charge in [0.15, 0.2) is 0 Å². The molecular formula is C6H16IN5O2S. The first-order valence-corrected chi connectivity index (χ1v) is 6.54. The van der Waals surface area contributed by atoms with Crippen molar-refractivity contribution in [3.63, 3.8) is 0 Å². The van der Waals surface area contributed by atoms with Crippen molar-refractivity contribution in [1.29, 1.82) is 0 Å². The number of halogens is 1. The zero-order valence-corrected chi connectivity index (χ0v) is 11.1. The molecule has 0 bridgehead atoms. The Morgan fingerprint density at radius 1 is 1.47 bits per heavy atom. The van der Waals surface area contributed by atoms with Crippen LogP contribution in [-0.2, 0) is 16.2 Å². The first-order chi connectivity index (χ1) is 6.99.